The first-order valence-electron chi connectivity index (χ1n) is 8.65. The highest BCUT2D eigenvalue weighted by molar-refractivity contribution is 5.93. The number of aromatic nitrogens is 2. The van der Waals surface area contributed by atoms with E-state index in [-0.39, 0.29) is 18.4 Å². The molecule has 8 heteroatoms. The van der Waals surface area contributed by atoms with Gasteiger partial charge in [-0.3, -0.25) is 10.1 Å². The Balaban J connectivity index is 2.05. The number of anilines is 3. The van der Waals surface area contributed by atoms with Gasteiger partial charge in [0.1, 0.15) is 17.5 Å². The minimum atomic E-state index is -0.250. The average Bonchev–Trinajstić information content (AvgIpc) is 3.03. The number of nitrogens with zero attached hydrogens (tertiary/aromatic N) is 4. The molecule has 0 radical (unpaired) electrons. The minimum absolute atomic E-state index is 0.152. The van der Waals surface area contributed by atoms with Crippen molar-refractivity contribution < 1.29 is 4.79 Å². The number of aryl methyl sites for hydroxylation is 1. The summed E-state index contributed by atoms with van der Waals surface area (Å²) in [5.74, 6) is 0.596. The standard InChI is InChI=1S/C19H21N7O/c1-4-26-15-8-6-5-7-14(15)23-18(26)13(9-20)17-12(2)10-22-19(25-17)24-16(27)11-21-3/h5-8,10,21,23H,4,11H2,1-3H3,(H,22,24,25,27)/b18-13+. The summed E-state index contributed by atoms with van der Waals surface area (Å²) in [5, 5.41) is 18.6. The van der Waals surface area contributed by atoms with Gasteiger partial charge in [-0.15, -0.1) is 0 Å². The molecule has 27 heavy (non-hydrogen) atoms. The van der Waals surface area contributed by atoms with Gasteiger partial charge in [0.05, 0.1) is 23.6 Å². The van der Waals surface area contributed by atoms with Crippen molar-refractivity contribution in [2.75, 3.05) is 35.7 Å². The number of rotatable bonds is 5. The number of carbonyl (C=O) groups excluding carboxylic acids is 1. The third-order valence-corrected chi connectivity index (χ3v) is 4.18. The number of hydrogen-bond acceptors (Lipinski definition) is 7. The van der Waals surface area contributed by atoms with E-state index in [0.29, 0.717) is 23.6 Å². The molecule has 0 bridgehead atoms. The molecule has 1 amide bonds. The van der Waals surface area contributed by atoms with Crippen LogP contribution in [-0.4, -0.2) is 36.0 Å². The van der Waals surface area contributed by atoms with Crippen LogP contribution in [0.4, 0.5) is 17.3 Å². The van der Waals surface area contributed by atoms with Crippen LogP contribution in [0.1, 0.15) is 18.2 Å². The Kier molecular flexibility index (Phi) is 5.33. The van der Waals surface area contributed by atoms with Crippen molar-refractivity contribution in [3.05, 3.63) is 47.5 Å². The summed E-state index contributed by atoms with van der Waals surface area (Å²) in [6, 6.07) is 10.1. The predicted octanol–water partition coefficient (Wildman–Crippen LogP) is 2.09. The lowest BCUT2D eigenvalue weighted by atomic mass is 10.1. The number of carbonyl (C=O) groups is 1. The highest BCUT2D eigenvalue weighted by atomic mass is 16.2. The zero-order chi connectivity index (χ0) is 19.4. The van der Waals surface area contributed by atoms with Crippen LogP contribution >= 0.6 is 0 Å². The molecule has 2 aromatic rings. The third kappa shape index (κ3) is 3.59. The van der Waals surface area contributed by atoms with E-state index in [0.717, 1.165) is 16.9 Å². The molecule has 0 saturated carbocycles. The monoisotopic (exact) mass is 363 g/mol. The molecule has 0 spiro atoms. The molecule has 1 aliphatic rings. The Labute approximate surface area is 157 Å². The van der Waals surface area contributed by atoms with Gasteiger partial charge in [-0.25, -0.2) is 9.97 Å². The highest BCUT2D eigenvalue weighted by Gasteiger charge is 2.27. The zero-order valence-corrected chi connectivity index (χ0v) is 15.5. The van der Waals surface area contributed by atoms with Crippen LogP contribution in [0.15, 0.2) is 36.3 Å². The fraction of sp³-hybridized carbons (Fsp3) is 0.263. The number of likely N-dealkylation sites (N-methyl/N-ethyl adjacent to an activating group) is 1. The SMILES string of the molecule is CCN1/C(=C(\C#N)c2nc(NC(=O)CNC)ncc2C)Nc2ccccc21. The van der Waals surface area contributed by atoms with Gasteiger partial charge < -0.3 is 15.5 Å². The van der Waals surface area contributed by atoms with Crippen LogP contribution in [-0.2, 0) is 4.79 Å². The molecule has 8 nitrogen and oxygen atoms in total. The summed E-state index contributed by atoms with van der Waals surface area (Å²) in [6.45, 7) is 4.71. The first kappa shape index (κ1) is 18.4. The predicted molar refractivity (Wildman–Crippen MR) is 105 cm³/mol. The molecule has 3 rings (SSSR count). The van der Waals surface area contributed by atoms with E-state index < -0.39 is 0 Å². The van der Waals surface area contributed by atoms with Crippen molar-refractivity contribution in [2.45, 2.75) is 13.8 Å². The highest BCUT2D eigenvalue weighted by Crippen LogP contribution is 2.38. The molecule has 3 N–H and O–H groups in total. The quantitative estimate of drug-likeness (QED) is 0.698. The Hall–Kier alpha value is -3.44. The van der Waals surface area contributed by atoms with Crippen molar-refractivity contribution in [1.82, 2.24) is 15.3 Å². The minimum Gasteiger partial charge on any atom is -0.339 e. The smallest absolute Gasteiger partial charge is 0.240 e. The summed E-state index contributed by atoms with van der Waals surface area (Å²) in [4.78, 5) is 22.4. The maximum Gasteiger partial charge on any atom is 0.240 e. The maximum absolute atomic E-state index is 11.8. The van der Waals surface area contributed by atoms with Crippen molar-refractivity contribution in [2.24, 2.45) is 0 Å². The molecule has 1 aromatic carbocycles. The number of benzene rings is 1. The van der Waals surface area contributed by atoms with Crippen LogP contribution in [0, 0.1) is 18.3 Å². The Bertz CT molecular complexity index is 945. The van der Waals surface area contributed by atoms with Gasteiger partial charge in [-0.05, 0) is 38.6 Å². The van der Waals surface area contributed by atoms with Gasteiger partial charge in [-0.1, -0.05) is 12.1 Å². The van der Waals surface area contributed by atoms with E-state index in [1.165, 1.54) is 0 Å². The number of amides is 1. The lowest BCUT2D eigenvalue weighted by molar-refractivity contribution is -0.115. The van der Waals surface area contributed by atoms with Crippen LogP contribution < -0.4 is 20.9 Å². The number of nitriles is 1. The summed E-state index contributed by atoms with van der Waals surface area (Å²) in [7, 11) is 1.68. The Morgan fingerprint density at radius 1 is 1.37 bits per heavy atom. The molecule has 1 aromatic heterocycles. The van der Waals surface area contributed by atoms with Gasteiger partial charge in [-0.2, -0.15) is 5.26 Å². The summed E-state index contributed by atoms with van der Waals surface area (Å²) < 4.78 is 0. The number of para-hydroxylation sites is 2. The fourth-order valence-corrected chi connectivity index (χ4v) is 2.96. The van der Waals surface area contributed by atoms with Crippen molar-refractivity contribution in [3.63, 3.8) is 0 Å². The topological polar surface area (TPSA) is 106 Å². The van der Waals surface area contributed by atoms with E-state index in [9.17, 15) is 10.1 Å². The lowest BCUT2D eigenvalue weighted by Gasteiger charge is -2.19. The van der Waals surface area contributed by atoms with Crippen LogP contribution in [0.3, 0.4) is 0 Å². The summed E-state index contributed by atoms with van der Waals surface area (Å²) in [6.07, 6.45) is 1.60. The molecule has 2 heterocycles. The molecule has 0 aliphatic carbocycles. The van der Waals surface area contributed by atoms with E-state index in [1.807, 2.05) is 43.0 Å². The number of nitrogens with one attached hydrogen (secondary N) is 3. The number of allylic oxidation sites excluding steroid dienone is 1. The first-order valence-corrected chi connectivity index (χ1v) is 8.65. The zero-order valence-electron chi connectivity index (χ0n) is 15.5. The van der Waals surface area contributed by atoms with Crippen molar-refractivity contribution >= 4 is 28.8 Å². The third-order valence-electron chi connectivity index (χ3n) is 4.18. The number of hydrogen-bond donors (Lipinski definition) is 3. The van der Waals surface area contributed by atoms with Crippen LogP contribution in [0.25, 0.3) is 5.57 Å². The Morgan fingerprint density at radius 2 is 2.15 bits per heavy atom. The number of fused-ring (bicyclic) bond motifs is 1. The van der Waals surface area contributed by atoms with Crippen LogP contribution in [0.5, 0.6) is 0 Å². The summed E-state index contributed by atoms with van der Waals surface area (Å²) in [5.41, 5.74) is 3.59. The van der Waals surface area contributed by atoms with Gasteiger partial charge in [0.2, 0.25) is 11.9 Å². The molecule has 0 fully saturated rings. The van der Waals surface area contributed by atoms with E-state index >= 15 is 0 Å². The largest absolute Gasteiger partial charge is 0.339 e. The molecular formula is C19H21N7O. The van der Waals surface area contributed by atoms with Gasteiger partial charge in [0, 0.05) is 12.7 Å². The lowest BCUT2D eigenvalue weighted by Crippen LogP contribution is -2.26. The normalized spacial score (nSPS) is 14.2. The molecule has 0 saturated heterocycles. The molecule has 138 valence electrons. The van der Waals surface area contributed by atoms with Gasteiger partial charge in [0.15, 0.2) is 0 Å². The molecule has 0 atom stereocenters. The second-order valence-electron chi connectivity index (χ2n) is 6.03. The molecule has 0 unspecified atom stereocenters. The van der Waals surface area contributed by atoms with E-state index in [1.54, 1.807) is 13.2 Å². The maximum atomic E-state index is 11.8. The second kappa shape index (κ2) is 7.85. The van der Waals surface area contributed by atoms with Gasteiger partial charge in [0.25, 0.3) is 0 Å². The first-order chi connectivity index (χ1) is 13.1. The second-order valence-corrected chi connectivity index (χ2v) is 6.03. The average molecular weight is 363 g/mol. The van der Waals surface area contributed by atoms with Crippen molar-refractivity contribution in [3.8, 4) is 6.07 Å². The summed E-state index contributed by atoms with van der Waals surface area (Å²) >= 11 is 0. The van der Waals surface area contributed by atoms with E-state index in [4.69, 9.17) is 0 Å². The van der Waals surface area contributed by atoms with E-state index in [2.05, 4.69) is 32.0 Å². The van der Waals surface area contributed by atoms with Crippen LogP contribution in [0.2, 0.25) is 0 Å². The Morgan fingerprint density at radius 3 is 2.85 bits per heavy atom. The fourth-order valence-electron chi connectivity index (χ4n) is 2.96. The van der Waals surface area contributed by atoms with Gasteiger partial charge >= 0.3 is 0 Å². The van der Waals surface area contributed by atoms with Crippen molar-refractivity contribution in [1.29, 1.82) is 5.26 Å². The molecule has 1 aliphatic heterocycles. The molecular weight excluding hydrogens is 342 g/mol.